The summed E-state index contributed by atoms with van der Waals surface area (Å²) in [5.74, 6) is 2.04. The smallest absolute Gasteiger partial charge is 0.339 e. The van der Waals surface area contributed by atoms with Crippen molar-refractivity contribution in [1.29, 1.82) is 0 Å². The third-order valence-electron chi connectivity index (χ3n) is 20.7. The van der Waals surface area contributed by atoms with E-state index in [-0.39, 0.29) is 44.8 Å². The number of aromatic carboxylic acids is 2. The summed E-state index contributed by atoms with van der Waals surface area (Å²) in [6.45, 7) is 8.69. The van der Waals surface area contributed by atoms with E-state index in [0.29, 0.717) is 110 Å². The molecule has 2 saturated carbocycles. The number of carbonyl (C=O) groups is 6. The molecule has 11 aromatic carbocycles. The summed E-state index contributed by atoms with van der Waals surface area (Å²) in [4.78, 5) is 92.6. The zero-order valence-electron chi connectivity index (χ0n) is 65.1. The maximum absolute atomic E-state index is 12.6. The number of para-hydroxylation sites is 6. The number of Topliss-reactive ketones (excluding diaryl/α,β-unsaturated/α-hetero) is 1. The van der Waals surface area contributed by atoms with Gasteiger partial charge in [-0.1, -0.05) is 174 Å². The molecule has 4 fully saturated rings. The highest BCUT2D eigenvalue weighted by atomic mass is 79.9. The second-order valence-electron chi connectivity index (χ2n) is 30.3. The van der Waals surface area contributed by atoms with Crippen molar-refractivity contribution in [3.05, 3.63) is 309 Å². The standard InChI is InChI=1S/C28H26N2O2.C21H15NO3.C14H22O3.C13H9BrO3.C13H7BrO2.C7H4BrClO2/c1-17(31)29-25-8-4-2-6-22(25)18-10-13-24-27(16-18)32-26-9-5-3-7-23(26)28(24)19-14-20-11-12-21(15-19)30-20;1-13(23)22-18-8-4-2-6-15(18)14-10-11-17-20(12-14)25-19-9-5-3-7-16(19)21(17)24;1-14(2,3)17-13(16)8-12-9-4-5-10(12)7-11(15)6-9;14-9-6-7-11(13(15)16)12(8-9)17-10-4-2-1-3-5-10;14-8-5-6-10-12(7-8)16-11-4-2-1-3-9(11)13(10)15;8-4-1-2-5(7(10)11)6(9)3-4/h2-10,13,16,20-21,30H,11-12,14-15H2,1H3,(H,29,31);2-12H,1H3,(H,22,23);9-10,12H,4-8H2,1-3H3;1-8H,(H,15,16);1-7H;1-3H,(H,10,11). The normalized spacial score (nSPS) is 16.5. The van der Waals surface area contributed by atoms with Crippen LogP contribution in [0.1, 0.15) is 124 Å². The lowest BCUT2D eigenvalue weighted by Gasteiger charge is -2.30. The minimum atomic E-state index is -1.01. The summed E-state index contributed by atoms with van der Waals surface area (Å²) in [6.07, 6.45) is 8.84. The molecule has 2 saturated heterocycles. The van der Waals surface area contributed by atoms with Gasteiger partial charge in [0.15, 0.2) is 0 Å². The number of fused-ring (bicyclic) bond motifs is 10. The number of nitrogens with one attached hydrogen (secondary N) is 3. The summed E-state index contributed by atoms with van der Waals surface area (Å²) in [5, 5.41) is 29.7. The molecule has 18 nitrogen and oxygen atoms in total. The maximum Gasteiger partial charge on any atom is 0.339 e. The predicted molar refractivity (Wildman–Crippen MR) is 473 cm³/mol. The van der Waals surface area contributed by atoms with Gasteiger partial charge in [-0.3, -0.25) is 28.8 Å². The van der Waals surface area contributed by atoms with Gasteiger partial charge in [0.1, 0.15) is 62.3 Å². The molecule has 0 radical (unpaired) electrons. The molecule has 13 aromatic rings. The Morgan fingerprint density at radius 3 is 1.52 bits per heavy atom. The Hall–Kier alpha value is -11.6. The van der Waals surface area contributed by atoms with Crippen LogP contribution in [0.2, 0.25) is 5.02 Å². The van der Waals surface area contributed by atoms with Gasteiger partial charge in [0.2, 0.25) is 22.7 Å². The lowest BCUT2D eigenvalue weighted by atomic mass is 9.76. The van der Waals surface area contributed by atoms with Crippen LogP contribution < -0.4 is 36.3 Å². The number of carboxylic acids is 2. The van der Waals surface area contributed by atoms with Crippen LogP contribution in [0.5, 0.6) is 23.0 Å². The number of rotatable bonds is 10. The Bertz CT molecular complexity index is 6150. The van der Waals surface area contributed by atoms with E-state index in [2.05, 4.69) is 100 Å². The molecule has 18 rings (SSSR count). The third-order valence-corrected chi connectivity index (χ3v) is 22.5. The molecule has 2 aliphatic carbocycles. The number of anilines is 2. The SMILES string of the molecule is CC(=O)Nc1ccccc1-c1ccc2c(=O)c3ccccc3oc2c1.CC(=O)Nc1ccccc1-c1ccc2c(c1)Oc1ccccc1C2=C1CC2CCC(C1)N2.CC(C)(C)OC(=O)CC1C2CCC1CC(=O)C2.O=C(O)c1ccc(Br)cc1Cl.O=C(O)c1ccc(Br)cc1Oc1ccccc1.O=c1c2ccccc2oc2cc(Br)ccc12. The Kier molecular flexibility index (Phi) is 27.0. The lowest BCUT2D eigenvalue weighted by Crippen LogP contribution is -2.35. The molecule has 4 bridgehead atoms. The van der Waals surface area contributed by atoms with Crippen LogP contribution in [0.4, 0.5) is 11.4 Å². The van der Waals surface area contributed by atoms with Crippen molar-refractivity contribution in [2.75, 3.05) is 10.6 Å². The van der Waals surface area contributed by atoms with Crippen molar-refractivity contribution < 1.29 is 62.0 Å². The average molecular weight is 1790 g/mol. The molecule has 5 aliphatic rings. The van der Waals surface area contributed by atoms with Crippen LogP contribution in [0.25, 0.3) is 71.7 Å². The molecule has 3 aliphatic heterocycles. The fourth-order valence-electron chi connectivity index (χ4n) is 15.7. The number of esters is 1. The van der Waals surface area contributed by atoms with Gasteiger partial charge in [-0.2, -0.15) is 0 Å². The molecule has 2 amide bonds. The molecule has 0 spiro atoms. The number of hydrogen-bond donors (Lipinski definition) is 5. The number of carboxylic acid groups (broad SMARTS) is 2. The Morgan fingerprint density at radius 2 is 0.949 bits per heavy atom. The molecule has 118 heavy (non-hydrogen) atoms. The molecule has 5 heterocycles. The summed E-state index contributed by atoms with van der Waals surface area (Å²) < 4.78 is 31.4. The molecule has 22 heteroatoms. The highest BCUT2D eigenvalue weighted by molar-refractivity contribution is 9.11. The Balaban J connectivity index is 0.000000127. The third kappa shape index (κ3) is 20.8. The van der Waals surface area contributed by atoms with E-state index in [9.17, 15) is 38.4 Å². The van der Waals surface area contributed by atoms with E-state index in [1.54, 1.807) is 78.4 Å². The van der Waals surface area contributed by atoms with Gasteiger partial charge >= 0.3 is 17.9 Å². The monoisotopic (exact) mass is 1790 g/mol. The zero-order valence-corrected chi connectivity index (χ0v) is 70.6. The van der Waals surface area contributed by atoms with Gasteiger partial charge < -0.3 is 49.2 Å². The van der Waals surface area contributed by atoms with Crippen LogP contribution in [-0.4, -0.2) is 63.4 Å². The second kappa shape index (κ2) is 37.8. The number of halogens is 4. The second-order valence-corrected chi connectivity index (χ2v) is 33.4. The molecular formula is C96H83Br3ClN3O15. The van der Waals surface area contributed by atoms with Gasteiger partial charge in [-0.15, -0.1) is 0 Å². The number of carbonyl (C=O) groups excluding carboxylic acids is 4. The summed E-state index contributed by atoms with van der Waals surface area (Å²) in [7, 11) is 0. The quantitative estimate of drug-likeness (QED) is 0.0629. The minimum Gasteiger partial charge on any atom is -0.478 e. The van der Waals surface area contributed by atoms with Gasteiger partial charge in [-0.25, -0.2) is 9.59 Å². The van der Waals surface area contributed by atoms with Crippen LogP contribution >= 0.6 is 59.4 Å². The number of benzene rings is 11. The van der Waals surface area contributed by atoms with E-state index >= 15 is 0 Å². The van der Waals surface area contributed by atoms with Gasteiger partial charge in [0, 0.05) is 92.2 Å². The van der Waals surface area contributed by atoms with Crippen molar-refractivity contribution >= 4 is 156 Å². The average Bonchev–Trinajstić information content (AvgIpc) is 1.13. The van der Waals surface area contributed by atoms with Gasteiger partial charge in [-0.05, 0) is 227 Å². The fourth-order valence-corrected chi connectivity index (χ4v) is 17.1. The van der Waals surface area contributed by atoms with Crippen LogP contribution in [-0.2, 0) is 23.9 Å². The van der Waals surface area contributed by atoms with Crippen LogP contribution in [0, 0.1) is 17.8 Å². The van der Waals surface area contributed by atoms with Gasteiger partial charge in [0.05, 0.1) is 32.1 Å². The van der Waals surface area contributed by atoms with E-state index in [1.807, 2.05) is 142 Å². The molecule has 4 atom stereocenters. The predicted octanol–water partition coefficient (Wildman–Crippen LogP) is 23.9. The summed E-state index contributed by atoms with van der Waals surface area (Å²) in [5.41, 5.74) is 12.7. The first kappa shape index (κ1) is 84.3. The Morgan fingerprint density at radius 1 is 0.483 bits per heavy atom. The van der Waals surface area contributed by atoms with E-state index in [4.69, 9.17) is 44.9 Å². The lowest BCUT2D eigenvalue weighted by molar-refractivity contribution is -0.157. The van der Waals surface area contributed by atoms with Crippen molar-refractivity contribution in [2.45, 2.75) is 110 Å². The molecule has 600 valence electrons. The number of ketones is 1. The van der Waals surface area contributed by atoms with Gasteiger partial charge in [0.25, 0.3) is 0 Å². The Labute approximate surface area is 711 Å². The molecule has 2 aromatic heterocycles. The molecular weight excluding hydrogens is 1710 g/mol. The first-order valence-electron chi connectivity index (χ1n) is 38.6. The first-order chi connectivity index (χ1) is 56.7. The zero-order chi connectivity index (χ0) is 83.5. The van der Waals surface area contributed by atoms with Crippen LogP contribution in [0.15, 0.2) is 280 Å². The molecule has 4 unspecified atom stereocenters. The van der Waals surface area contributed by atoms with E-state index in [1.165, 1.54) is 55.5 Å². The van der Waals surface area contributed by atoms with Crippen molar-refractivity contribution in [2.24, 2.45) is 17.8 Å². The first-order valence-corrected chi connectivity index (χ1v) is 41.3. The number of piperidine rings is 1. The van der Waals surface area contributed by atoms with E-state index in [0.717, 1.165) is 84.2 Å². The van der Waals surface area contributed by atoms with Crippen LogP contribution in [0.3, 0.4) is 0 Å². The highest BCUT2D eigenvalue weighted by Gasteiger charge is 2.43. The maximum atomic E-state index is 12.6. The number of amides is 2. The van der Waals surface area contributed by atoms with E-state index < -0.39 is 17.5 Å². The topological polar surface area (TPSA) is 267 Å². The molecule has 5 N–H and O–H groups in total. The summed E-state index contributed by atoms with van der Waals surface area (Å²) in [6, 6.07) is 75.4. The largest absolute Gasteiger partial charge is 0.478 e. The van der Waals surface area contributed by atoms with Crippen molar-refractivity contribution in [1.82, 2.24) is 5.32 Å². The van der Waals surface area contributed by atoms with Crippen molar-refractivity contribution in [3.8, 4) is 45.3 Å². The number of ether oxygens (including phenoxy) is 3. The number of hydrogen-bond acceptors (Lipinski definition) is 14. The fraction of sp³-hybridized carbons (Fsp3) is 0.208. The minimum absolute atomic E-state index is 0.0179. The summed E-state index contributed by atoms with van der Waals surface area (Å²) >= 11 is 15.4. The highest BCUT2D eigenvalue weighted by Crippen LogP contribution is 2.51. The van der Waals surface area contributed by atoms with Crippen molar-refractivity contribution in [3.63, 3.8) is 0 Å².